The van der Waals surface area contributed by atoms with Gasteiger partial charge in [-0.15, -0.1) is 0 Å². The van der Waals surface area contributed by atoms with Crippen molar-refractivity contribution < 1.29 is 60.0 Å². The summed E-state index contributed by atoms with van der Waals surface area (Å²) < 4.78 is 61.7. The summed E-state index contributed by atoms with van der Waals surface area (Å²) in [5.41, 5.74) is 0. The topological polar surface area (TPSA) is 109 Å². The molecule has 10 heteroatoms. The molecule has 0 spiro atoms. The fourth-order valence-electron chi connectivity index (χ4n) is 1.86. The van der Waals surface area contributed by atoms with E-state index >= 15 is 0 Å². The van der Waals surface area contributed by atoms with Gasteiger partial charge in [0.25, 0.3) is 20.2 Å². The van der Waals surface area contributed by atoms with Crippen LogP contribution in [0.2, 0.25) is 0 Å². The van der Waals surface area contributed by atoms with Gasteiger partial charge in [-0.05, 0) is 0 Å². The van der Waals surface area contributed by atoms with Crippen molar-refractivity contribution in [1.82, 2.24) is 0 Å². The van der Waals surface area contributed by atoms with Crippen molar-refractivity contribution in [2.75, 3.05) is 27.2 Å². The SMILES string of the molecule is C[N+]1(C)CC(S(=O)(=O)O)C(S(=O)(=O)O)C1.[Na+]. The number of quaternary nitrogens is 1. The second-order valence-corrected chi connectivity index (χ2v) is 7.68. The zero-order chi connectivity index (χ0) is 12.1. The molecule has 7 nitrogen and oxygen atoms in total. The molecular weight excluding hydrogens is 269 g/mol. The minimum atomic E-state index is -4.46. The van der Waals surface area contributed by atoms with Gasteiger partial charge in [0.05, 0.1) is 27.2 Å². The molecule has 0 radical (unpaired) electrons. The van der Waals surface area contributed by atoms with Crippen molar-refractivity contribution in [2.45, 2.75) is 10.5 Å². The minimum absolute atomic E-state index is 0. The zero-order valence-corrected chi connectivity index (χ0v) is 13.0. The van der Waals surface area contributed by atoms with Crippen molar-refractivity contribution >= 4 is 20.2 Å². The van der Waals surface area contributed by atoms with Gasteiger partial charge in [-0.3, -0.25) is 9.11 Å². The zero-order valence-electron chi connectivity index (χ0n) is 9.36. The maximum absolute atomic E-state index is 10.9. The molecule has 0 aromatic rings. The fraction of sp³-hybridized carbons (Fsp3) is 1.00. The molecule has 1 rings (SSSR count). The molecule has 0 aliphatic carbocycles. The van der Waals surface area contributed by atoms with Gasteiger partial charge in [-0.2, -0.15) is 16.8 Å². The summed E-state index contributed by atoms with van der Waals surface area (Å²) in [5.74, 6) is 0. The van der Waals surface area contributed by atoms with E-state index in [0.29, 0.717) is 0 Å². The minimum Gasteiger partial charge on any atom is -0.326 e. The Bertz CT molecular complexity index is 413. The molecule has 0 amide bonds. The summed E-state index contributed by atoms with van der Waals surface area (Å²) in [6, 6.07) is 0. The number of likely N-dealkylation sites (tertiary alicyclic amines) is 1. The van der Waals surface area contributed by atoms with E-state index in [1.165, 1.54) is 0 Å². The van der Waals surface area contributed by atoms with E-state index in [9.17, 15) is 16.8 Å². The maximum Gasteiger partial charge on any atom is 1.00 e. The quantitative estimate of drug-likeness (QED) is 0.301. The van der Waals surface area contributed by atoms with Crippen LogP contribution in [0.15, 0.2) is 0 Å². The van der Waals surface area contributed by atoms with Crippen molar-refractivity contribution in [3.63, 3.8) is 0 Å². The van der Waals surface area contributed by atoms with Crippen molar-refractivity contribution in [3.8, 4) is 0 Å². The Labute approximate surface area is 117 Å². The number of hydrogen-bond acceptors (Lipinski definition) is 4. The van der Waals surface area contributed by atoms with E-state index in [4.69, 9.17) is 9.11 Å². The Morgan fingerprint density at radius 3 is 1.38 bits per heavy atom. The average molecular weight is 283 g/mol. The molecule has 0 bridgehead atoms. The van der Waals surface area contributed by atoms with Gasteiger partial charge < -0.3 is 4.48 Å². The van der Waals surface area contributed by atoms with E-state index < -0.39 is 30.7 Å². The number of rotatable bonds is 2. The first kappa shape index (κ1) is 16.8. The van der Waals surface area contributed by atoms with Crippen LogP contribution in [0, 0.1) is 0 Å². The molecule has 0 saturated carbocycles. The van der Waals surface area contributed by atoms with Gasteiger partial charge in [0.15, 0.2) is 10.5 Å². The first-order valence-electron chi connectivity index (χ1n) is 4.18. The molecule has 90 valence electrons. The second kappa shape index (κ2) is 4.81. The van der Waals surface area contributed by atoms with Gasteiger partial charge in [-0.25, -0.2) is 0 Å². The summed E-state index contributed by atoms with van der Waals surface area (Å²) in [7, 11) is -5.66. The van der Waals surface area contributed by atoms with Gasteiger partial charge in [0.1, 0.15) is 0 Å². The van der Waals surface area contributed by atoms with Crippen molar-refractivity contribution in [3.05, 3.63) is 0 Å². The predicted octanol–water partition coefficient (Wildman–Crippen LogP) is -4.41. The van der Waals surface area contributed by atoms with Gasteiger partial charge in [0, 0.05) is 0 Å². The van der Waals surface area contributed by atoms with Crippen LogP contribution in [-0.4, -0.2) is 68.1 Å². The Morgan fingerprint density at radius 2 is 1.19 bits per heavy atom. The van der Waals surface area contributed by atoms with Crippen LogP contribution < -0.4 is 29.6 Å². The molecule has 2 N–H and O–H groups in total. The van der Waals surface area contributed by atoms with Crippen molar-refractivity contribution in [2.24, 2.45) is 0 Å². The molecule has 2 atom stereocenters. The van der Waals surface area contributed by atoms with Crippen LogP contribution in [-0.2, 0) is 20.2 Å². The molecule has 1 aliphatic rings. The van der Waals surface area contributed by atoms with Crippen molar-refractivity contribution in [1.29, 1.82) is 0 Å². The molecule has 2 unspecified atom stereocenters. The van der Waals surface area contributed by atoms with Gasteiger partial charge >= 0.3 is 29.6 Å². The summed E-state index contributed by atoms with van der Waals surface area (Å²) in [6.45, 7) is -0.0768. The Balaban J connectivity index is 0.00000225. The Kier molecular flexibility index (Phi) is 5.04. The van der Waals surface area contributed by atoms with Crippen LogP contribution >= 0.6 is 0 Å². The monoisotopic (exact) mass is 283 g/mol. The molecule has 1 saturated heterocycles. The third-order valence-electron chi connectivity index (χ3n) is 2.53. The third-order valence-corrected chi connectivity index (χ3v) is 5.19. The van der Waals surface area contributed by atoms with E-state index in [-0.39, 0.29) is 47.1 Å². The van der Waals surface area contributed by atoms with Crippen LogP contribution in [0.1, 0.15) is 0 Å². The van der Waals surface area contributed by atoms with Gasteiger partial charge in [0.2, 0.25) is 0 Å². The van der Waals surface area contributed by atoms with E-state index in [2.05, 4.69) is 0 Å². The molecule has 1 heterocycles. The first-order valence-corrected chi connectivity index (χ1v) is 7.19. The summed E-state index contributed by atoms with van der Waals surface area (Å²) in [4.78, 5) is 0. The number of hydrogen-bond donors (Lipinski definition) is 2. The molecule has 0 aromatic carbocycles. The van der Waals surface area contributed by atoms with E-state index in [0.717, 1.165) is 0 Å². The average Bonchev–Trinajstić information content (AvgIpc) is 2.23. The van der Waals surface area contributed by atoms with Crippen LogP contribution in [0.3, 0.4) is 0 Å². The maximum atomic E-state index is 10.9. The Morgan fingerprint density at radius 1 is 0.938 bits per heavy atom. The van der Waals surface area contributed by atoms with Gasteiger partial charge in [-0.1, -0.05) is 0 Å². The molecule has 1 aliphatic heterocycles. The van der Waals surface area contributed by atoms with Crippen LogP contribution in [0.5, 0.6) is 0 Å². The number of nitrogens with zero attached hydrogens (tertiary/aromatic N) is 1. The normalized spacial score (nSPS) is 29.8. The Hall–Kier alpha value is 0.780. The standard InChI is InChI=1S/C6H13NO6S2.Na/c1-7(2)3-5(14(8,9)10)6(4-7)15(11,12)13;/h5-6H,3-4H2,1-2H3,(H-,8,9,10,11,12,13);/q;+1/p+1. The smallest absolute Gasteiger partial charge is 0.326 e. The van der Waals surface area contributed by atoms with E-state index in [1.807, 2.05) is 0 Å². The predicted molar refractivity (Wildman–Crippen MR) is 52.5 cm³/mol. The molecule has 1 fully saturated rings. The fourth-order valence-corrected chi connectivity index (χ4v) is 4.82. The van der Waals surface area contributed by atoms with Crippen LogP contribution in [0.25, 0.3) is 0 Å². The summed E-state index contributed by atoms with van der Waals surface area (Å²) in [5, 5.41) is -2.91. The molecular formula is C6H14NNaO6S2+2. The summed E-state index contributed by atoms with van der Waals surface area (Å²) >= 11 is 0. The van der Waals surface area contributed by atoms with Crippen LogP contribution in [0.4, 0.5) is 0 Å². The molecule has 16 heavy (non-hydrogen) atoms. The largest absolute Gasteiger partial charge is 1.00 e. The third kappa shape index (κ3) is 3.91. The first-order chi connectivity index (χ1) is 6.43. The molecule has 0 aromatic heterocycles. The summed E-state index contributed by atoms with van der Waals surface area (Å²) in [6.07, 6.45) is 0. The second-order valence-electron chi connectivity index (χ2n) is 4.41. The van der Waals surface area contributed by atoms with E-state index in [1.54, 1.807) is 14.1 Å².